The molecular weight excluding hydrogens is 190 g/mol. The van der Waals surface area contributed by atoms with Crippen molar-refractivity contribution in [3.63, 3.8) is 0 Å². The van der Waals surface area contributed by atoms with E-state index in [4.69, 9.17) is 4.74 Å². The molecule has 0 saturated heterocycles. The molecule has 0 amide bonds. The first-order valence-corrected chi connectivity index (χ1v) is 5.17. The molecule has 0 radical (unpaired) electrons. The van der Waals surface area contributed by atoms with Gasteiger partial charge in [0, 0.05) is 32.4 Å². The average Bonchev–Trinajstić information content (AvgIpc) is 2.22. The van der Waals surface area contributed by atoms with E-state index in [1.807, 2.05) is 6.92 Å². The number of nitrogens with zero attached hydrogens (tertiary/aromatic N) is 1. The maximum Gasteiger partial charge on any atom is 0.0861 e. The summed E-state index contributed by atoms with van der Waals surface area (Å²) in [5.41, 5.74) is 2.41. The Morgan fingerprint density at radius 3 is 2.67 bits per heavy atom. The number of methoxy groups -OCH3 is 1. The van der Waals surface area contributed by atoms with Gasteiger partial charge in [0.15, 0.2) is 0 Å². The Hall–Kier alpha value is -0.870. The number of allylic oxidation sites excluding steroid dienone is 1. The van der Waals surface area contributed by atoms with Gasteiger partial charge in [0.05, 0.1) is 12.9 Å². The number of hydrogen-bond acceptors (Lipinski definition) is 3. The van der Waals surface area contributed by atoms with Crippen molar-refractivity contribution in [3.8, 4) is 0 Å². The lowest BCUT2D eigenvalue weighted by molar-refractivity contribution is 0.173. The van der Waals surface area contributed by atoms with Crippen molar-refractivity contribution >= 4 is 6.34 Å². The predicted molar refractivity (Wildman–Crippen MR) is 65.3 cm³/mol. The Bertz CT molecular complexity index is 224. The van der Waals surface area contributed by atoms with E-state index in [9.17, 15) is 0 Å². The predicted octanol–water partition coefficient (Wildman–Crippen LogP) is 1.15. The van der Waals surface area contributed by atoms with Gasteiger partial charge in [-0.25, -0.2) is 0 Å². The van der Waals surface area contributed by atoms with E-state index in [-0.39, 0.29) is 0 Å². The van der Waals surface area contributed by atoms with E-state index < -0.39 is 0 Å². The van der Waals surface area contributed by atoms with Crippen LogP contribution in [0.25, 0.3) is 0 Å². The highest BCUT2D eigenvalue weighted by Crippen LogP contribution is 1.98. The molecule has 0 heterocycles. The Balaban J connectivity index is 3.94. The number of rotatable bonds is 7. The maximum atomic E-state index is 5.05. The lowest BCUT2D eigenvalue weighted by Gasteiger charge is -2.14. The van der Waals surface area contributed by atoms with Crippen LogP contribution in [0.2, 0.25) is 0 Å². The fourth-order valence-corrected chi connectivity index (χ4v) is 1.05. The summed E-state index contributed by atoms with van der Waals surface area (Å²) in [6.07, 6.45) is 1.69. The van der Waals surface area contributed by atoms with E-state index in [1.165, 1.54) is 5.57 Å². The first-order chi connectivity index (χ1) is 7.11. The molecule has 4 heteroatoms. The second-order valence-electron chi connectivity index (χ2n) is 3.67. The monoisotopic (exact) mass is 213 g/mol. The van der Waals surface area contributed by atoms with E-state index in [2.05, 4.69) is 29.5 Å². The van der Waals surface area contributed by atoms with Crippen molar-refractivity contribution in [1.29, 1.82) is 0 Å². The average molecular weight is 213 g/mol. The number of nitrogens with one attached hydrogen (secondary N) is 2. The molecule has 0 spiro atoms. The zero-order chi connectivity index (χ0) is 11.7. The quantitative estimate of drug-likeness (QED) is 0.492. The fourth-order valence-electron chi connectivity index (χ4n) is 1.05. The third-order valence-corrected chi connectivity index (χ3v) is 2.18. The molecule has 0 unspecified atom stereocenters. The Labute approximate surface area is 92.8 Å². The molecule has 0 bridgehead atoms. The van der Waals surface area contributed by atoms with Crippen LogP contribution >= 0.6 is 0 Å². The zero-order valence-corrected chi connectivity index (χ0v) is 10.4. The van der Waals surface area contributed by atoms with Gasteiger partial charge in [-0.3, -0.25) is 4.99 Å². The zero-order valence-electron chi connectivity index (χ0n) is 10.4. The summed E-state index contributed by atoms with van der Waals surface area (Å²) in [5.74, 6) is 0. The van der Waals surface area contributed by atoms with Gasteiger partial charge in [-0.15, -0.1) is 0 Å². The molecular formula is C11H23N3O. The van der Waals surface area contributed by atoms with E-state index in [0.717, 1.165) is 18.8 Å². The summed E-state index contributed by atoms with van der Waals surface area (Å²) < 4.78 is 5.05. The molecule has 0 aromatic rings. The second-order valence-corrected chi connectivity index (χ2v) is 3.67. The molecule has 0 aliphatic heterocycles. The molecule has 4 nitrogen and oxygen atoms in total. The highest BCUT2D eigenvalue weighted by Gasteiger charge is 2.01. The van der Waals surface area contributed by atoms with Crippen LogP contribution in [0, 0.1) is 0 Å². The van der Waals surface area contributed by atoms with Gasteiger partial charge in [0.1, 0.15) is 0 Å². The molecule has 0 aliphatic carbocycles. The van der Waals surface area contributed by atoms with Crippen LogP contribution in [-0.2, 0) is 4.74 Å². The molecule has 0 aromatic carbocycles. The molecule has 1 atom stereocenters. The molecule has 0 aliphatic rings. The first kappa shape index (κ1) is 14.1. The summed E-state index contributed by atoms with van der Waals surface area (Å²) in [4.78, 5) is 3.87. The fraction of sp³-hybridized carbons (Fsp3) is 0.727. The molecule has 0 saturated carbocycles. The van der Waals surface area contributed by atoms with Crippen molar-refractivity contribution in [2.24, 2.45) is 4.99 Å². The van der Waals surface area contributed by atoms with Gasteiger partial charge in [-0.05, 0) is 26.3 Å². The summed E-state index contributed by atoms with van der Waals surface area (Å²) in [6, 6.07) is 0.373. The van der Waals surface area contributed by atoms with Crippen molar-refractivity contribution in [3.05, 3.63) is 11.3 Å². The minimum absolute atomic E-state index is 0.373. The van der Waals surface area contributed by atoms with E-state index in [1.54, 1.807) is 20.5 Å². The van der Waals surface area contributed by atoms with Gasteiger partial charge in [0.2, 0.25) is 0 Å². The lowest BCUT2D eigenvalue weighted by Crippen LogP contribution is -2.32. The minimum atomic E-state index is 0.373. The summed E-state index contributed by atoms with van der Waals surface area (Å²) in [7, 11) is 3.46. The van der Waals surface area contributed by atoms with E-state index in [0.29, 0.717) is 6.04 Å². The smallest absolute Gasteiger partial charge is 0.0861 e. The highest BCUT2D eigenvalue weighted by atomic mass is 16.5. The molecule has 0 aromatic heterocycles. The van der Waals surface area contributed by atoms with Crippen LogP contribution in [-0.4, -0.2) is 39.7 Å². The van der Waals surface area contributed by atoms with Gasteiger partial charge in [-0.2, -0.15) is 0 Å². The largest absolute Gasteiger partial charge is 0.383 e. The maximum absolute atomic E-state index is 5.05. The van der Waals surface area contributed by atoms with Crippen LogP contribution in [0.3, 0.4) is 0 Å². The number of hydrogen-bond donors (Lipinski definition) is 2. The van der Waals surface area contributed by atoms with Crippen molar-refractivity contribution in [2.45, 2.75) is 26.8 Å². The van der Waals surface area contributed by atoms with Gasteiger partial charge < -0.3 is 15.4 Å². The van der Waals surface area contributed by atoms with Crippen molar-refractivity contribution < 1.29 is 4.74 Å². The third-order valence-electron chi connectivity index (χ3n) is 2.18. The van der Waals surface area contributed by atoms with Crippen LogP contribution in [0.1, 0.15) is 20.8 Å². The summed E-state index contributed by atoms with van der Waals surface area (Å²) in [6.45, 7) is 7.84. The lowest BCUT2D eigenvalue weighted by atomic mass is 10.2. The van der Waals surface area contributed by atoms with Crippen LogP contribution in [0.4, 0.5) is 0 Å². The molecule has 0 rings (SSSR count). The Kier molecular flexibility index (Phi) is 7.95. The van der Waals surface area contributed by atoms with Crippen LogP contribution in [0.15, 0.2) is 16.3 Å². The van der Waals surface area contributed by atoms with E-state index >= 15 is 0 Å². The molecule has 88 valence electrons. The van der Waals surface area contributed by atoms with Gasteiger partial charge in [0.25, 0.3) is 0 Å². The minimum Gasteiger partial charge on any atom is -0.383 e. The van der Waals surface area contributed by atoms with Gasteiger partial charge >= 0.3 is 0 Å². The van der Waals surface area contributed by atoms with Crippen molar-refractivity contribution in [2.75, 3.05) is 27.3 Å². The molecule has 2 N–H and O–H groups in total. The topological polar surface area (TPSA) is 45.7 Å². The van der Waals surface area contributed by atoms with Crippen LogP contribution in [0.5, 0.6) is 0 Å². The number of aliphatic imine (C=N–C) groups is 1. The molecule has 0 fully saturated rings. The highest BCUT2D eigenvalue weighted by molar-refractivity contribution is 5.57. The van der Waals surface area contributed by atoms with Crippen molar-refractivity contribution in [1.82, 2.24) is 10.6 Å². The Morgan fingerprint density at radius 1 is 1.47 bits per heavy atom. The molecule has 15 heavy (non-hydrogen) atoms. The van der Waals surface area contributed by atoms with Crippen LogP contribution < -0.4 is 10.6 Å². The summed E-state index contributed by atoms with van der Waals surface area (Å²) >= 11 is 0. The number of ether oxygens (including phenoxy) is 1. The Morgan fingerprint density at radius 2 is 2.13 bits per heavy atom. The van der Waals surface area contributed by atoms with Gasteiger partial charge in [-0.1, -0.05) is 0 Å². The first-order valence-electron chi connectivity index (χ1n) is 5.17. The normalized spacial score (nSPS) is 15.3. The standard InChI is InChI=1S/C11H23N3O/c1-9(11(3)14-8-12-4)6-13-10(2)7-15-5/h8,10,13H,6-7H2,1-5H3,(H,12,14)/b11-9-/t10-/m1/s1. The third kappa shape index (κ3) is 7.11. The summed E-state index contributed by atoms with van der Waals surface area (Å²) in [5, 5.41) is 6.48. The second kappa shape index (κ2) is 8.44. The SMILES string of the molecule is CN=CN/C(C)=C(/C)CN[C@H](C)COC.